The number of hydrogen-bond acceptors (Lipinski definition) is 4. The fraction of sp³-hybridized carbons (Fsp3) is 0.688. The smallest absolute Gasteiger partial charge is 0.141 e. The summed E-state index contributed by atoms with van der Waals surface area (Å²) >= 11 is 0. The maximum Gasteiger partial charge on any atom is 0.141 e. The van der Waals surface area contributed by atoms with E-state index in [1.807, 2.05) is 0 Å². The molecule has 120 valence electrons. The van der Waals surface area contributed by atoms with Crippen LogP contribution in [0.15, 0.2) is 18.3 Å². The van der Waals surface area contributed by atoms with Crippen LogP contribution in [0.3, 0.4) is 0 Å². The lowest BCUT2D eigenvalue weighted by atomic mass is 9.98. The molecule has 1 aromatic rings. The van der Waals surface area contributed by atoms with E-state index in [1.165, 1.54) is 12.3 Å². The topological polar surface area (TPSA) is 45.4 Å². The van der Waals surface area contributed by atoms with Crippen molar-refractivity contribution in [1.29, 1.82) is 0 Å². The molecule has 0 amide bonds. The van der Waals surface area contributed by atoms with Crippen LogP contribution in [-0.4, -0.2) is 55.1 Å². The molecular formula is C16H29FN4. The van der Waals surface area contributed by atoms with Crippen molar-refractivity contribution in [2.75, 3.05) is 40.3 Å². The summed E-state index contributed by atoms with van der Waals surface area (Å²) in [6.07, 6.45) is 2.38. The molecule has 1 heterocycles. The number of rotatable bonds is 9. The van der Waals surface area contributed by atoms with Crippen LogP contribution < -0.4 is 5.73 Å². The first-order valence-electron chi connectivity index (χ1n) is 7.68. The van der Waals surface area contributed by atoms with Gasteiger partial charge in [0.05, 0.1) is 17.9 Å². The van der Waals surface area contributed by atoms with E-state index in [9.17, 15) is 4.39 Å². The van der Waals surface area contributed by atoms with Gasteiger partial charge in [0, 0.05) is 6.54 Å². The Morgan fingerprint density at radius 3 is 2.52 bits per heavy atom. The third kappa shape index (κ3) is 6.50. The lowest BCUT2D eigenvalue weighted by Gasteiger charge is -2.28. The van der Waals surface area contributed by atoms with Crippen LogP contribution in [0.5, 0.6) is 0 Å². The number of nitrogens with two attached hydrogens (primary N) is 1. The second-order valence-electron chi connectivity index (χ2n) is 5.95. The van der Waals surface area contributed by atoms with Gasteiger partial charge in [-0.15, -0.1) is 0 Å². The first-order chi connectivity index (χ1) is 9.93. The lowest BCUT2D eigenvalue weighted by molar-refractivity contribution is 0.220. The van der Waals surface area contributed by atoms with E-state index in [4.69, 9.17) is 5.73 Å². The highest BCUT2D eigenvalue weighted by molar-refractivity contribution is 5.10. The molecule has 0 aliphatic carbocycles. The summed E-state index contributed by atoms with van der Waals surface area (Å²) < 4.78 is 12.9. The average molecular weight is 296 g/mol. The van der Waals surface area contributed by atoms with Crippen LogP contribution in [0.1, 0.15) is 32.0 Å². The average Bonchev–Trinajstić information content (AvgIpc) is 2.45. The molecule has 0 aliphatic rings. The molecular weight excluding hydrogens is 267 g/mol. The van der Waals surface area contributed by atoms with Crippen molar-refractivity contribution < 1.29 is 4.39 Å². The fourth-order valence-corrected chi connectivity index (χ4v) is 2.39. The summed E-state index contributed by atoms with van der Waals surface area (Å²) in [4.78, 5) is 8.71. The van der Waals surface area contributed by atoms with Crippen LogP contribution in [0.2, 0.25) is 0 Å². The van der Waals surface area contributed by atoms with Gasteiger partial charge in [-0.05, 0) is 58.2 Å². The SMILES string of the molecule is CCN(CCCN(C)C)CC(C)C(N)c1ccc(F)cn1. The number of halogens is 1. The minimum atomic E-state index is -0.322. The fourth-order valence-electron chi connectivity index (χ4n) is 2.39. The molecule has 1 aromatic heterocycles. The van der Waals surface area contributed by atoms with E-state index in [0.29, 0.717) is 0 Å². The molecule has 0 aromatic carbocycles. The van der Waals surface area contributed by atoms with Gasteiger partial charge in [0.25, 0.3) is 0 Å². The third-order valence-electron chi connectivity index (χ3n) is 3.78. The van der Waals surface area contributed by atoms with E-state index < -0.39 is 0 Å². The standard InChI is InChI=1S/C16H29FN4/c1-5-21(10-6-9-20(3)4)12-13(2)16(18)15-8-7-14(17)11-19-15/h7-8,11,13,16H,5-6,9-10,12,18H2,1-4H3. The predicted molar refractivity (Wildman–Crippen MR) is 85.6 cm³/mol. The molecule has 5 heteroatoms. The highest BCUT2D eigenvalue weighted by atomic mass is 19.1. The predicted octanol–water partition coefficient (Wildman–Crippen LogP) is 2.13. The monoisotopic (exact) mass is 296 g/mol. The lowest BCUT2D eigenvalue weighted by Crippen LogP contribution is -2.35. The Morgan fingerprint density at radius 2 is 2.00 bits per heavy atom. The zero-order valence-corrected chi connectivity index (χ0v) is 13.7. The maximum atomic E-state index is 12.9. The molecule has 0 spiro atoms. The number of hydrogen-bond donors (Lipinski definition) is 1. The molecule has 0 fully saturated rings. The van der Waals surface area contributed by atoms with Crippen LogP contribution in [0, 0.1) is 11.7 Å². The van der Waals surface area contributed by atoms with Crippen LogP contribution in [0.25, 0.3) is 0 Å². The van der Waals surface area contributed by atoms with E-state index in [2.05, 4.69) is 42.7 Å². The number of aromatic nitrogens is 1. The Morgan fingerprint density at radius 1 is 1.29 bits per heavy atom. The van der Waals surface area contributed by atoms with Gasteiger partial charge in [-0.2, -0.15) is 0 Å². The Hall–Kier alpha value is -1.04. The number of pyridine rings is 1. The van der Waals surface area contributed by atoms with Crippen LogP contribution in [-0.2, 0) is 0 Å². The van der Waals surface area contributed by atoms with Gasteiger partial charge in [-0.3, -0.25) is 4.98 Å². The highest BCUT2D eigenvalue weighted by Gasteiger charge is 2.18. The van der Waals surface area contributed by atoms with Gasteiger partial charge in [0.1, 0.15) is 5.82 Å². The first-order valence-corrected chi connectivity index (χ1v) is 7.68. The maximum absolute atomic E-state index is 12.9. The van der Waals surface area contributed by atoms with Crippen molar-refractivity contribution in [2.24, 2.45) is 11.7 Å². The van der Waals surface area contributed by atoms with Crippen LogP contribution in [0.4, 0.5) is 4.39 Å². The van der Waals surface area contributed by atoms with Crippen molar-refractivity contribution in [3.63, 3.8) is 0 Å². The van der Waals surface area contributed by atoms with E-state index >= 15 is 0 Å². The molecule has 1 rings (SSSR count). The number of nitrogens with zero attached hydrogens (tertiary/aromatic N) is 3. The second kappa shape index (κ2) is 9.07. The second-order valence-corrected chi connectivity index (χ2v) is 5.95. The van der Waals surface area contributed by atoms with Crippen molar-refractivity contribution >= 4 is 0 Å². The molecule has 0 aliphatic heterocycles. The van der Waals surface area contributed by atoms with E-state index in [-0.39, 0.29) is 17.8 Å². The van der Waals surface area contributed by atoms with Crippen molar-refractivity contribution in [2.45, 2.75) is 26.3 Å². The third-order valence-corrected chi connectivity index (χ3v) is 3.78. The Labute approximate surface area is 128 Å². The molecule has 0 saturated heterocycles. The summed E-state index contributed by atoms with van der Waals surface area (Å²) in [6.45, 7) is 8.42. The molecule has 0 radical (unpaired) electrons. The molecule has 0 bridgehead atoms. The normalized spacial score (nSPS) is 14.7. The zero-order valence-electron chi connectivity index (χ0n) is 13.7. The van der Waals surface area contributed by atoms with Gasteiger partial charge in [-0.25, -0.2) is 4.39 Å². The van der Waals surface area contributed by atoms with Crippen molar-refractivity contribution in [3.05, 3.63) is 29.8 Å². The van der Waals surface area contributed by atoms with E-state index in [1.54, 1.807) is 6.07 Å². The van der Waals surface area contributed by atoms with E-state index in [0.717, 1.165) is 38.3 Å². The summed E-state index contributed by atoms with van der Waals surface area (Å²) in [6, 6.07) is 2.94. The van der Waals surface area contributed by atoms with Gasteiger partial charge in [-0.1, -0.05) is 13.8 Å². The van der Waals surface area contributed by atoms with Crippen molar-refractivity contribution in [3.8, 4) is 0 Å². The quantitative estimate of drug-likeness (QED) is 0.758. The largest absolute Gasteiger partial charge is 0.322 e. The summed E-state index contributed by atoms with van der Waals surface area (Å²) in [5, 5.41) is 0. The molecule has 2 unspecified atom stereocenters. The zero-order chi connectivity index (χ0) is 15.8. The van der Waals surface area contributed by atoms with Crippen molar-refractivity contribution in [1.82, 2.24) is 14.8 Å². The Kier molecular flexibility index (Phi) is 7.78. The van der Waals surface area contributed by atoms with Gasteiger partial charge < -0.3 is 15.5 Å². The summed E-state index contributed by atoms with van der Waals surface area (Å²) in [7, 11) is 4.18. The van der Waals surface area contributed by atoms with Crippen LogP contribution >= 0.6 is 0 Å². The minimum Gasteiger partial charge on any atom is -0.322 e. The Balaban J connectivity index is 2.48. The molecule has 2 atom stereocenters. The van der Waals surface area contributed by atoms with Gasteiger partial charge in [0.15, 0.2) is 0 Å². The van der Waals surface area contributed by atoms with Gasteiger partial charge in [0.2, 0.25) is 0 Å². The molecule has 2 N–H and O–H groups in total. The Bertz CT molecular complexity index is 394. The first kappa shape index (κ1) is 18.0. The molecule has 4 nitrogen and oxygen atoms in total. The minimum absolute atomic E-state index is 0.159. The highest BCUT2D eigenvalue weighted by Crippen LogP contribution is 2.18. The summed E-state index contributed by atoms with van der Waals surface area (Å²) in [5.74, 6) is -0.0419. The van der Waals surface area contributed by atoms with Gasteiger partial charge >= 0.3 is 0 Å². The molecule has 21 heavy (non-hydrogen) atoms. The summed E-state index contributed by atoms with van der Waals surface area (Å²) in [5.41, 5.74) is 7.01. The molecule has 0 saturated carbocycles.